The number of hydrogen-bond donors (Lipinski definition) is 1. The maximum absolute atomic E-state index is 9.03. The Morgan fingerprint density at radius 1 is 1.44 bits per heavy atom. The Bertz CT molecular complexity index is 101. The smallest absolute Gasteiger partial charge is 0.0550 e. The highest BCUT2D eigenvalue weighted by Gasteiger charge is 2.41. The van der Waals surface area contributed by atoms with Gasteiger partial charge in [0.1, 0.15) is 0 Å². The molecule has 0 radical (unpaired) electrons. The fourth-order valence-corrected chi connectivity index (χ4v) is 1.49. The molecule has 0 aliphatic heterocycles. The largest absolute Gasteiger partial charge is 0.393 e. The molecule has 0 aromatic heterocycles. The predicted molar refractivity (Wildman–Crippen MR) is 38.2 cm³/mol. The third-order valence-corrected chi connectivity index (χ3v) is 2.80. The van der Waals surface area contributed by atoms with Crippen molar-refractivity contribution in [2.75, 3.05) is 0 Å². The molecular formula is C8H16O. The van der Waals surface area contributed by atoms with E-state index in [2.05, 4.69) is 20.8 Å². The lowest BCUT2D eigenvalue weighted by Crippen LogP contribution is -2.42. The highest BCUT2D eigenvalue weighted by molar-refractivity contribution is 4.91. The molecule has 0 saturated heterocycles. The van der Waals surface area contributed by atoms with E-state index in [4.69, 9.17) is 5.11 Å². The van der Waals surface area contributed by atoms with Crippen molar-refractivity contribution in [1.29, 1.82) is 0 Å². The fourth-order valence-electron chi connectivity index (χ4n) is 1.49. The van der Waals surface area contributed by atoms with Crippen LogP contribution in [-0.2, 0) is 0 Å². The second kappa shape index (κ2) is 1.98. The van der Waals surface area contributed by atoms with E-state index in [-0.39, 0.29) is 6.10 Å². The average molecular weight is 128 g/mol. The number of rotatable bonds is 1. The molecule has 0 amide bonds. The topological polar surface area (TPSA) is 20.2 Å². The number of aliphatic hydroxyl groups excluding tert-OH is 1. The van der Waals surface area contributed by atoms with Gasteiger partial charge in [0.25, 0.3) is 0 Å². The summed E-state index contributed by atoms with van der Waals surface area (Å²) in [6, 6.07) is 0. The van der Waals surface area contributed by atoms with Gasteiger partial charge in [0.15, 0.2) is 0 Å². The first-order valence-corrected chi connectivity index (χ1v) is 3.73. The molecule has 54 valence electrons. The third-order valence-electron chi connectivity index (χ3n) is 2.80. The van der Waals surface area contributed by atoms with E-state index in [0.717, 1.165) is 18.8 Å². The zero-order valence-corrected chi connectivity index (χ0v) is 6.52. The van der Waals surface area contributed by atoms with E-state index < -0.39 is 0 Å². The van der Waals surface area contributed by atoms with Gasteiger partial charge in [0.2, 0.25) is 0 Å². The van der Waals surface area contributed by atoms with E-state index in [9.17, 15) is 0 Å². The van der Waals surface area contributed by atoms with Crippen LogP contribution in [0, 0.1) is 11.3 Å². The standard InChI is InChI=1S/C8H16O/c1-6(2)8(3)4-7(9)5-8/h6-7,9H,4-5H2,1-3H3. The Balaban J connectivity index is 2.40. The van der Waals surface area contributed by atoms with Crippen LogP contribution in [0.2, 0.25) is 0 Å². The maximum atomic E-state index is 9.03. The summed E-state index contributed by atoms with van der Waals surface area (Å²) in [6.07, 6.45) is 2.01. The predicted octanol–water partition coefficient (Wildman–Crippen LogP) is 1.80. The molecule has 1 aliphatic carbocycles. The molecular weight excluding hydrogens is 112 g/mol. The molecule has 1 aliphatic rings. The third kappa shape index (κ3) is 1.11. The molecule has 1 nitrogen and oxygen atoms in total. The minimum atomic E-state index is -0.00241. The van der Waals surface area contributed by atoms with Gasteiger partial charge in [-0.25, -0.2) is 0 Å². The molecule has 1 rings (SSSR count). The Hall–Kier alpha value is -0.0400. The Kier molecular flexibility index (Phi) is 1.55. The normalized spacial score (nSPS) is 43.0. The lowest BCUT2D eigenvalue weighted by molar-refractivity contribution is -0.0485. The molecule has 0 heterocycles. The molecule has 9 heavy (non-hydrogen) atoms. The van der Waals surface area contributed by atoms with Crippen molar-refractivity contribution < 1.29 is 5.11 Å². The average Bonchev–Trinajstić information content (AvgIpc) is 1.62. The Morgan fingerprint density at radius 2 is 1.89 bits per heavy atom. The summed E-state index contributed by atoms with van der Waals surface area (Å²) in [5.74, 6) is 0.723. The zero-order chi connectivity index (χ0) is 7.07. The quantitative estimate of drug-likeness (QED) is 0.571. The van der Waals surface area contributed by atoms with Crippen LogP contribution in [0.5, 0.6) is 0 Å². The van der Waals surface area contributed by atoms with E-state index >= 15 is 0 Å². The summed E-state index contributed by atoms with van der Waals surface area (Å²) in [7, 11) is 0. The van der Waals surface area contributed by atoms with Crippen LogP contribution in [0.25, 0.3) is 0 Å². The first kappa shape index (κ1) is 7.07. The first-order valence-electron chi connectivity index (χ1n) is 3.73. The molecule has 0 atom stereocenters. The highest BCUT2D eigenvalue weighted by Crippen LogP contribution is 2.46. The van der Waals surface area contributed by atoms with Crippen molar-refractivity contribution >= 4 is 0 Å². The molecule has 1 saturated carbocycles. The van der Waals surface area contributed by atoms with Gasteiger partial charge in [-0.05, 0) is 24.2 Å². The lowest BCUT2D eigenvalue weighted by atomic mass is 9.62. The van der Waals surface area contributed by atoms with Crippen molar-refractivity contribution in [3.8, 4) is 0 Å². The van der Waals surface area contributed by atoms with Crippen LogP contribution >= 0.6 is 0 Å². The molecule has 0 aromatic rings. The van der Waals surface area contributed by atoms with Crippen LogP contribution < -0.4 is 0 Å². The Morgan fingerprint density at radius 3 is 2.00 bits per heavy atom. The van der Waals surface area contributed by atoms with Crippen molar-refractivity contribution in [3.63, 3.8) is 0 Å². The van der Waals surface area contributed by atoms with Crippen LogP contribution in [0.1, 0.15) is 33.6 Å². The molecule has 0 spiro atoms. The van der Waals surface area contributed by atoms with Gasteiger partial charge >= 0.3 is 0 Å². The van der Waals surface area contributed by atoms with Crippen LogP contribution in [0.3, 0.4) is 0 Å². The van der Waals surface area contributed by atoms with Crippen LogP contribution in [-0.4, -0.2) is 11.2 Å². The monoisotopic (exact) mass is 128 g/mol. The summed E-state index contributed by atoms with van der Waals surface area (Å²) in [5.41, 5.74) is 0.444. The summed E-state index contributed by atoms with van der Waals surface area (Å²) in [6.45, 7) is 6.71. The number of hydrogen-bond acceptors (Lipinski definition) is 1. The summed E-state index contributed by atoms with van der Waals surface area (Å²) in [5, 5.41) is 9.03. The minimum Gasteiger partial charge on any atom is -0.393 e. The van der Waals surface area contributed by atoms with Crippen molar-refractivity contribution in [3.05, 3.63) is 0 Å². The molecule has 1 fully saturated rings. The lowest BCUT2D eigenvalue weighted by Gasteiger charge is -2.45. The van der Waals surface area contributed by atoms with Gasteiger partial charge in [0.05, 0.1) is 6.10 Å². The summed E-state index contributed by atoms with van der Waals surface area (Å²) >= 11 is 0. The SMILES string of the molecule is CC(C)C1(C)CC(O)C1. The number of aliphatic hydroxyl groups is 1. The Labute approximate surface area is 57.1 Å². The van der Waals surface area contributed by atoms with Gasteiger partial charge in [0, 0.05) is 0 Å². The molecule has 0 bridgehead atoms. The van der Waals surface area contributed by atoms with Gasteiger partial charge in [-0.15, -0.1) is 0 Å². The second-order valence-corrected chi connectivity index (χ2v) is 3.87. The van der Waals surface area contributed by atoms with Crippen molar-refractivity contribution in [2.24, 2.45) is 11.3 Å². The summed E-state index contributed by atoms with van der Waals surface area (Å²) in [4.78, 5) is 0. The van der Waals surface area contributed by atoms with E-state index in [1.54, 1.807) is 0 Å². The zero-order valence-electron chi connectivity index (χ0n) is 6.52. The van der Waals surface area contributed by atoms with Crippen molar-refractivity contribution in [2.45, 2.75) is 39.7 Å². The van der Waals surface area contributed by atoms with Crippen LogP contribution in [0.15, 0.2) is 0 Å². The first-order chi connectivity index (χ1) is 4.04. The van der Waals surface area contributed by atoms with E-state index in [1.807, 2.05) is 0 Å². The van der Waals surface area contributed by atoms with E-state index in [1.165, 1.54) is 0 Å². The van der Waals surface area contributed by atoms with Gasteiger partial charge in [-0.1, -0.05) is 20.8 Å². The molecule has 1 heteroatoms. The van der Waals surface area contributed by atoms with Crippen molar-refractivity contribution in [1.82, 2.24) is 0 Å². The van der Waals surface area contributed by atoms with E-state index in [0.29, 0.717) is 5.41 Å². The maximum Gasteiger partial charge on any atom is 0.0550 e. The summed E-state index contributed by atoms with van der Waals surface area (Å²) < 4.78 is 0. The minimum absolute atomic E-state index is 0.00241. The van der Waals surface area contributed by atoms with Gasteiger partial charge in [-0.2, -0.15) is 0 Å². The van der Waals surface area contributed by atoms with Crippen LogP contribution in [0.4, 0.5) is 0 Å². The highest BCUT2D eigenvalue weighted by atomic mass is 16.3. The fraction of sp³-hybridized carbons (Fsp3) is 1.00. The second-order valence-electron chi connectivity index (χ2n) is 3.87. The molecule has 0 aromatic carbocycles. The van der Waals surface area contributed by atoms with Gasteiger partial charge < -0.3 is 5.11 Å². The van der Waals surface area contributed by atoms with Gasteiger partial charge in [-0.3, -0.25) is 0 Å². The molecule has 1 N–H and O–H groups in total. The molecule has 0 unspecified atom stereocenters.